The molecule has 0 heterocycles. The minimum Gasteiger partial charge on any atom is -0.494 e. The van der Waals surface area contributed by atoms with Crippen LogP contribution in [0.1, 0.15) is 31.2 Å². The number of rotatable bonds is 6. The third-order valence-electron chi connectivity index (χ3n) is 4.14. The Balaban J connectivity index is 1.83. The molecular formula is C15H20FNO2. The number of benzene rings is 1. The fourth-order valence-electron chi connectivity index (χ4n) is 2.57. The SMILES string of the molecule is COc1ccc(C(O)(CNC2CC2)C2CC2)cc1F. The van der Waals surface area contributed by atoms with E-state index in [1.165, 1.54) is 26.0 Å². The number of hydrogen-bond acceptors (Lipinski definition) is 3. The third-order valence-corrected chi connectivity index (χ3v) is 4.14. The second kappa shape index (κ2) is 4.76. The molecule has 0 amide bonds. The number of nitrogens with one attached hydrogen (secondary N) is 1. The van der Waals surface area contributed by atoms with Crippen LogP contribution >= 0.6 is 0 Å². The highest BCUT2D eigenvalue weighted by molar-refractivity contribution is 5.34. The normalized spacial score (nSPS) is 22.1. The van der Waals surface area contributed by atoms with E-state index in [-0.39, 0.29) is 11.7 Å². The summed E-state index contributed by atoms with van der Waals surface area (Å²) in [5, 5.41) is 14.3. The van der Waals surface area contributed by atoms with Crippen LogP contribution in [0.15, 0.2) is 18.2 Å². The predicted molar refractivity (Wildman–Crippen MR) is 70.6 cm³/mol. The number of aliphatic hydroxyl groups is 1. The summed E-state index contributed by atoms with van der Waals surface area (Å²) in [6.45, 7) is 0.508. The first kappa shape index (κ1) is 12.9. The molecule has 3 rings (SSSR count). The summed E-state index contributed by atoms with van der Waals surface area (Å²) in [4.78, 5) is 0. The molecule has 0 aliphatic heterocycles. The van der Waals surface area contributed by atoms with Gasteiger partial charge in [-0.1, -0.05) is 6.07 Å². The van der Waals surface area contributed by atoms with E-state index >= 15 is 0 Å². The van der Waals surface area contributed by atoms with E-state index in [0.29, 0.717) is 18.2 Å². The highest BCUT2D eigenvalue weighted by Crippen LogP contribution is 2.46. The second-order valence-corrected chi connectivity index (χ2v) is 5.70. The maximum absolute atomic E-state index is 13.8. The first-order valence-corrected chi connectivity index (χ1v) is 6.93. The Morgan fingerprint density at radius 1 is 1.37 bits per heavy atom. The Kier molecular flexibility index (Phi) is 3.23. The Morgan fingerprint density at radius 3 is 2.63 bits per heavy atom. The second-order valence-electron chi connectivity index (χ2n) is 5.70. The van der Waals surface area contributed by atoms with Crippen molar-refractivity contribution >= 4 is 0 Å². The molecule has 1 aromatic carbocycles. The molecule has 1 aromatic rings. The molecule has 0 radical (unpaired) electrons. The topological polar surface area (TPSA) is 41.5 Å². The summed E-state index contributed by atoms with van der Waals surface area (Å²) >= 11 is 0. The molecule has 2 aliphatic carbocycles. The molecule has 1 atom stereocenters. The van der Waals surface area contributed by atoms with Crippen LogP contribution in [0.2, 0.25) is 0 Å². The van der Waals surface area contributed by atoms with E-state index < -0.39 is 11.4 Å². The van der Waals surface area contributed by atoms with Gasteiger partial charge in [0.05, 0.1) is 7.11 Å². The van der Waals surface area contributed by atoms with Crippen molar-refractivity contribution in [2.75, 3.05) is 13.7 Å². The highest BCUT2D eigenvalue weighted by atomic mass is 19.1. The summed E-state index contributed by atoms with van der Waals surface area (Å²) in [5.74, 6) is 0.0501. The van der Waals surface area contributed by atoms with Crippen molar-refractivity contribution in [3.8, 4) is 5.75 Å². The number of hydrogen-bond donors (Lipinski definition) is 2. The van der Waals surface area contributed by atoms with Gasteiger partial charge in [-0.3, -0.25) is 0 Å². The van der Waals surface area contributed by atoms with E-state index in [0.717, 1.165) is 12.8 Å². The Morgan fingerprint density at radius 2 is 2.11 bits per heavy atom. The fourth-order valence-corrected chi connectivity index (χ4v) is 2.57. The summed E-state index contributed by atoms with van der Waals surface area (Å²) in [7, 11) is 1.44. The van der Waals surface area contributed by atoms with Gasteiger partial charge in [0.1, 0.15) is 5.60 Å². The van der Waals surface area contributed by atoms with Gasteiger partial charge in [0.15, 0.2) is 11.6 Å². The molecular weight excluding hydrogens is 245 g/mol. The van der Waals surface area contributed by atoms with Gasteiger partial charge in [-0.2, -0.15) is 0 Å². The molecule has 0 spiro atoms. The first-order valence-electron chi connectivity index (χ1n) is 6.93. The first-order chi connectivity index (χ1) is 9.13. The molecule has 2 N–H and O–H groups in total. The third kappa shape index (κ3) is 2.60. The van der Waals surface area contributed by atoms with Gasteiger partial charge in [-0.05, 0) is 49.3 Å². The lowest BCUT2D eigenvalue weighted by Crippen LogP contribution is -2.41. The quantitative estimate of drug-likeness (QED) is 0.828. The molecule has 2 saturated carbocycles. The van der Waals surface area contributed by atoms with Crippen LogP contribution in [-0.2, 0) is 5.60 Å². The van der Waals surface area contributed by atoms with E-state index in [1.807, 2.05) is 0 Å². The van der Waals surface area contributed by atoms with Gasteiger partial charge in [-0.15, -0.1) is 0 Å². The van der Waals surface area contributed by atoms with E-state index in [1.54, 1.807) is 12.1 Å². The molecule has 2 aliphatic rings. The number of methoxy groups -OCH3 is 1. The standard InChI is InChI=1S/C15H20FNO2/c1-19-14-7-4-11(8-13(14)16)15(18,10-2-3-10)9-17-12-5-6-12/h4,7-8,10,12,17-18H,2-3,5-6,9H2,1H3. The lowest BCUT2D eigenvalue weighted by molar-refractivity contribution is 0.0128. The van der Waals surface area contributed by atoms with Crippen LogP contribution in [0.25, 0.3) is 0 Å². The van der Waals surface area contributed by atoms with Crippen molar-refractivity contribution in [3.05, 3.63) is 29.6 Å². The van der Waals surface area contributed by atoms with Crippen LogP contribution in [0.4, 0.5) is 4.39 Å². The van der Waals surface area contributed by atoms with Gasteiger partial charge in [0, 0.05) is 12.6 Å². The summed E-state index contributed by atoms with van der Waals surface area (Å²) < 4.78 is 18.7. The molecule has 104 valence electrons. The monoisotopic (exact) mass is 265 g/mol. The molecule has 4 heteroatoms. The van der Waals surface area contributed by atoms with Crippen molar-refractivity contribution < 1.29 is 14.2 Å². The molecule has 1 unspecified atom stereocenters. The molecule has 0 bridgehead atoms. The van der Waals surface area contributed by atoms with Gasteiger partial charge < -0.3 is 15.2 Å². The van der Waals surface area contributed by atoms with Crippen LogP contribution in [0.3, 0.4) is 0 Å². The summed E-state index contributed by atoms with van der Waals surface area (Å²) in [5.41, 5.74) is -0.295. The predicted octanol–water partition coefficient (Wildman–Crippen LogP) is 2.18. The summed E-state index contributed by atoms with van der Waals surface area (Å²) in [6.07, 6.45) is 4.38. The van der Waals surface area contributed by atoms with Crippen molar-refractivity contribution in [3.63, 3.8) is 0 Å². The fraction of sp³-hybridized carbons (Fsp3) is 0.600. The average Bonchev–Trinajstić information content (AvgIpc) is 3.29. The van der Waals surface area contributed by atoms with Crippen molar-refractivity contribution in [2.45, 2.75) is 37.3 Å². The number of halogens is 1. The largest absolute Gasteiger partial charge is 0.494 e. The van der Waals surface area contributed by atoms with Crippen LogP contribution < -0.4 is 10.1 Å². The maximum Gasteiger partial charge on any atom is 0.165 e. The molecule has 0 aromatic heterocycles. The van der Waals surface area contributed by atoms with E-state index in [4.69, 9.17) is 4.74 Å². The Bertz CT molecular complexity index is 471. The lowest BCUT2D eigenvalue weighted by atomic mass is 9.88. The van der Waals surface area contributed by atoms with Crippen molar-refractivity contribution in [1.82, 2.24) is 5.32 Å². The zero-order chi connectivity index (χ0) is 13.5. The molecule has 19 heavy (non-hydrogen) atoms. The summed E-state index contributed by atoms with van der Waals surface area (Å²) in [6, 6.07) is 5.31. The van der Waals surface area contributed by atoms with Crippen LogP contribution in [0.5, 0.6) is 5.75 Å². The highest BCUT2D eigenvalue weighted by Gasteiger charge is 2.45. The van der Waals surface area contributed by atoms with Gasteiger partial charge >= 0.3 is 0 Å². The van der Waals surface area contributed by atoms with E-state index in [2.05, 4.69) is 5.32 Å². The molecule has 2 fully saturated rings. The molecule has 0 saturated heterocycles. The minimum atomic E-state index is -0.949. The van der Waals surface area contributed by atoms with Gasteiger partial charge in [0.25, 0.3) is 0 Å². The van der Waals surface area contributed by atoms with Crippen LogP contribution in [-0.4, -0.2) is 24.8 Å². The Labute approximate surface area is 112 Å². The average molecular weight is 265 g/mol. The maximum atomic E-state index is 13.8. The van der Waals surface area contributed by atoms with Crippen molar-refractivity contribution in [2.24, 2.45) is 5.92 Å². The smallest absolute Gasteiger partial charge is 0.165 e. The zero-order valence-corrected chi connectivity index (χ0v) is 11.2. The van der Waals surface area contributed by atoms with Crippen molar-refractivity contribution in [1.29, 1.82) is 0 Å². The zero-order valence-electron chi connectivity index (χ0n) is 11.2. The number of ether oxygens (including phenoxy) is 1. The Hall–Kier alpha value is -1.13. The van der Waals surface area contributed by atoms with E-state index in [9.17, 15) is 9.50 Å². The minimum absolute atomic E-state index is 0.219. The van der Waals surface area contributed by atoms with Gasteiger partial charge in [0.2, 0.25) is 0 Å². The molecule has 3 nitrogen and oxygen atoms in total. The van der Waals surface area contributed by atoms with Gasteiger partial charge in [-0.25, -0.2) is 4.39 Å². The van der Waals surface area contributed by atoms with Crippen LogP contribution in [0, 0.1) is 11.7 Å². The lowest BCUT2D eigenvalue weighted by Gasteiger charge is -2.29.